The highest BCUT2D eigenvalue weighted by Crippen LogP contribution is 2.35. The smallest absolute Gasteiger partial charge is 0.254 e. The lowest BCUT2D eigenvalue weighted by atomic mass is 10.1. The Morgan fingerprint density at radius 1 is 1.37 bits per heavy atom. The number of hydrogen-bond donors (Lipinski definition) is 1. The van der Waals surface area contributed by atoms with Crippen LogP contribution in [0.15, 0.2) is 16.6 Å². The van der Waals surface area contributed by atoms with Gasteiger partial charge >= 0.3 is 0 Å². The normalized spacial score (nSPS) is 11.9. The molecule has 0 heterocycles. The number of benzene rings is 1. The van der Waals surface area contributed by atoms with Gasteiger partial charge in [0.1, 0.15) is 16.0 Å². The summed E-state index contributed by atoms with van der Waals surface area (Å²) in [4.78, 5) is 13.9. The number of rotatable bonds is 5. The summed E-state index contributed by atoms with van der Waals surface area (Å²) in [6, 6.07) is 3.32. The maximum atomic E-state index is 12.3. The monoisotopic (exact) mass is 330 g/mol. The number of likely N-dealkylation sites (N-methyl/N-ethyl adjacent to an activating group) is 1. The number of methoxy groups -OCH3 is 2. The molecule has 0 bridgehead atoms. The van der Waals surface area contributed by atoms with Crippen LogP contribution in [-0.2, 0) is 0 Å². The highest BCUT2D eigenvalue weighted by atomic mass is 79.9. The maximum Gasteiger partial charge on any atom is 0.254 e. The average molecular weight is 331 g/mol. The largest absolute Gasteiger partial charge is 0.495 e. The van der Waals surface area contributed by atoms with E-state index >= 15 is 0 Å². The molecule has 0 aliphatic carbocycles. The van der Waals surface area contributed by atoms with Gasteiger partial charge in [-0.05, 0) is 35.0 Å². The molecule has 0 aromatic heterocycles. The summed E-state index contributed by atoms with van der Waals surface area (Å²) >= 11 is 3.37. The number of carbonyl (C=O) groups excluding carboxylic acids is 1. The van der Waals surface area contributed by atoms with Crippen LogP contribution in [0.3, 0.4) is 0 Å². The molecule has 0 spiro atoms. The van der Waals surface area contributed by atoms with Crippen molar-refractivity contribution in [2.24, 2.45) is 5.73 Å². The first-order chi connectivity index (χ1) is 8.96. The van der Waals surface area contributed by atoms with E-state index in [4.69, 9.17) is 15.2 Å². The summed E-state index contributed by atoms with van der Waals surface area (Å²) in [5.41, 5.74) is 6.07. The Hall–Kier alpha value is -1.27. The molecule has 0 fully saturated rings. The molecular weight excluding hydrogens is 312 g/mol. The lowest BCUT2D eigenvalue weighted by Crippen LogP contribution is -2.39. The number of ether oxygens (including phenoxy) is 2. The van der Waals surface area contributed by atoms with E-state index in [9.17, 15) is 4.79 Å². The predicted octanol–water partition coefficient (Wildman–Crippen LogP) is 1.89. The van der Waals surface area contributed by atoms with Crippen molar-refractivity contribution in [3.05, 3.63) is 22.2 Å². The van der Waals surface area contributed by atoms with Crippen molar-refractivity contribution in [1.82, 2.24) is 4.90 Å². The fraction of sp³-hybridized carbons (Fsp3) is 0.462. The van der Waals surface area contributed by atoms with E-state index in [1.54, 1.807) is 38.3 Å². The Bertz CT molecular complexity index is 440. The third-order valence-electron chi connectivity index (χ3n) is 3.02. The molecule has 2 N–H and O–H groups in total. The van der Waals surface area contributed by atoms with Crippen molar-refractivity contribution >= 4 is 21.8 Å². The number of halogens is 1. The first-order valence-corrected chi connectivity index (χ1v) is 6.64. The lowest BCUT2D eigenvalue weighted by Gasteiger charge is -2.24. The molecule has 1 atom stereocenters. The minimum Gasteiger partial charge on any atom is -0.495 e. The Morgan fingerprint density at radius 2 is 1.84 bits per heavy atom. The first-order valence-electron chi connectivity index (χ1n) is 5.85. The van der Waals surface area contributed by atoms with Crippen LogP contribution in [0.5, 0.6) is 11.5 Å². The van der Waals surface area contributed by atoms with Gasteiger partial charge in [-0.3, -0.25) is 4.79 Å². The van der Waals surface area contributed by atoms with Gasteiger partial charge in [-0.25, -0.2) is 0 Å². The molecule has 0 aliphatic heterocycles. The van der Waals surface area contributed by atoms with Crippen molar-refractivity contribution in [1.29, 1.82) is 0 Å². The highest BCUT2D eigenvalue weighted by molar-refractivity contribution is 9.10. The second-order valence-electron chi connectivity index (χ2n) is 4.20. The van der Waals surface area contributed by atoms with Crippen molar-refractivity contribution in [3.63, 3.8) is 0 Å². The van der Waals surface area contributed by atoms with E-state index in [1.807, 2.05) is 6.92 Å². The van der Waals surface area contributed by atoms with Gasteiger partial charge in [-0.1, -0.05) is 0 Å². The quantitative estimate of drug-likeness (QED) is 0.895. The third kappa shape index (κ3) is 3.39. The summed E-state index contributed by atoms with van der Waals surface area (Å²) in [5, 5.41) is 0. The van der Waals surface area contributed by atoms with Crippen LogP contribution < -0.4 is 15.2 Å². The van der Waals surface area contributed by atoms with Gasteiger partial charge < -0.3 is 20.1 Å². The molecule has 5 nitrogen and oxygen atoms in total. The van der Waals surface area contributed by atoms with E-state index in [-0.39, 0.29) is 11.9 Å². The van der Waals surface area contributed by atoms with E-state index in [2.05, 4.69) is 15.9 Å². The maximum absolute atomic E-state index is 12.3. The standard InChI is InChI=1S/C13H19BrN2O3/c1-8(7-15)16(2)13(17)9-5-10(18-3)12(14)11(6-9)19-4/h5-6,8H,7,15H2,1-4H3. The third-order valence-corrected chi connectivity index (χ3v) is 3.80. The number of carbonyl (C=O) groups is 1. The zero-order valence-corrected chi connectivity index (χ0v) is 13.2. The highest BCUT2D eigenvalue weighted by Gasteiger charge is 2.20. The zero-order chi connectivity index (χ0) is 14.6. The zero-order valence-electron chi connectivity index (χ0n) is 11.6. The van der Waals surface area contributed by atoms with Crippen molar-refractivity contribution < 1.29 is 14.3 Å². The van der Waals surface area contributed by atoms with Gasteiger partial charge in [0.15, 0.2) is 0 Å². The molecule has 0 aliphatic rings. The SMILES string of the molecule is COc1cc(C(=O)N(C)C(C)CN)cc(OC)c1Br. The molecule has 1 aromatic carbocycles. The molecule has 1 rings (SSSR count). The molecule has 0 saturated carbocycles. The van der Waals surface area contributed by atoms with Crippen LogP contribution in [-0.4, -0.2) is 44.7 Å². The summed E-state index contributed by atoms with van der Waals surface area (Å²) < 4.78 is 11.1. The number of nitrogens with zero attached hydrogens (tertiary/aromatic N) is 1. The second-order valence-corrected chi connectivity index (χ2v) is 4.99. The molecular formula is C13H19BrN2O3. The fourth-order valence-corrected chi connectivity index (χ4v) is 2.11. The molecule has 19 heavy (non-hydrogen) atoms. The van der Waals surface area contributed by atoms with Gasteiger partial charge in [-0.2, -0.15) is 0 Å². The minimum atomic E-state index is -0.123. The van der Waals surface area contributed by atoms with Gasteiger partial charge in [0.05, 0.1) is 14.2 Å². The molecule has 1 aromatic rings. The number of amides is 1. The molecule has 1 amide bonds. The van der Waals surface area contributed by atoms with Gasteiger partial charge in [-0.15, -0.1) is 0 Å². The van der Waals surface area contributed by atoms with Crippen LogP contribution in [0.1, 0.15) is 17.3 Å². The predicted molar refractivity (Wildman–Crippen MR) is 77.9 cm³/mol. The van der Waals surface area contributed by atoms with Crippen LogP contribution in [0.2, 0.25) is 0 Å². The molecule has 6 heteroatoms. The Balaban J connectivity index is 3.17. The topological polar surface area (TPSA) is 64.8 Å². The first kappa shape index (κ1) is 15.8. The molecule has 1 unspecified atom stereocenters. The van der Waals surface area contributed by atoms with E-state index in [0.29, 0.717) is 28.1 Å². The van der Waals surface area contributed by atoms with Crippen LogP contribution >= 0.6 is 15.9 Å². The van der Waals surface area contributed by atoms with Crippen LogP contribution in [0.25, 0.3) is 0 Å². The van der Waals surface area contributed by atoms with E-state index in [1.165, 1.54) is 0 Å². The molecule has 0 saturated heterocycles. The average Bonchev–Trinajstić information content (AvgIpc) is 2.44. The lowest BCUT2D eigenvalue weighted by molar-refractivity contribution is 0.0747. The Morgan fingerprint density at radius 3 is 2.21 bits per heavy atom. The summed E-state index contributed by atoms with van der Waals surface area (Å²) in [6.07, 6.45) is 0. The van der Waals surface area contributed by atoms with Gasteiger partial charge in [0.2, 0.25) is 0 Å². The van der Waals surface area contributed by atoms with Crippen LogP contribution in [0.4, 0.5) is 0 Å². The molecule has 106 valence electrons. The minimum absolute atomic E-state index is 0.0341. The second kappa shape index (κ2) is 6.77. The van der Waals surface area contributed by atoms with Crippen molar-refractivity contribution in [2.45, 2.75) is 13.0 Å². The Labute approximate surface area is 121 Å². The van der Waals surface area contributed by atoms with E-state index in [0.717, 1.165) is 0 Å². The van der Waals surface area contributed by atoms with Gasteiger partial charge in [0.25, 0.3) is 5.91 Å². The van der Waals surface area contributed by atoms with Gasteiger partial charge in [0, 0.05) is 25.2 Å². The van der Waals surface area contributed by atoms with Crippen LogP contribution in [0, 0.1) is 0 Å². The molecule has 0 radical (unpaired) electrons. The summed E-state index contributed by atoms with van der Waals surface area (Å²) in [6.45, 7) is 2.30. The van der Waals surface area contributed by atoms with Crippen molar-refractivity contribution in [3.8, 4) is 11.5 Å². The summed E-state index contributed by atoms with van der Waals surface area (Å²) in [5.74, 6) is 0.982. The number of hydrogen-bond acceptors (Lipinski definition) is 4. The summed E-state index contributed by atoms with van der Waals surface area (Å²) in [7, 11) is 4.81. The number of nitrogens with two attached hydrogens (primary N) is 1. The fourth-order valence-electron chi connectivity index (χ4n) is 1.55. The van der Waals surface area contributed by atoms with Crippen molar-refractivity contribution in [2.75, 3.05) is 27.8 Å². The Kier molecular flexibility index (Phi) is 5.62. The van der Waals surface area contributed by atoms with E-state index < -0.39 is 0 Å².